The van der Waals surface area contributed by atoms with Crippen LogP contribution >= 0.6 is 0 Å². The summed E-state index contributed by atoms with van der Waals surface area (Å²) in [4.78, 5) is 2.28. The van der Waals surface area contributed by atoms with Crippen molar-refractivity contribution in [3.05, 3.63) is 17.5 Å². The van der Waals surface area contributed by atoms with Gasteiger partial charge in [-0.15, -0.1) is 0 Å². The van der Waals surface area contributed by atoms with Crippen molar-refractivity contribution in [3.63, 3.8) is 0 Å². The van der Waals surface area contributed by atoms with Crippen LogP contribution in [0, 0.1) is 6.92 Å². The molecule has 1 aromatic heterocycles. The lowest BCUT2D eigenvalue weighted by Crippen LogP contribution is -2.47. The van der Waals surface area contributed by atoms with E-state index >= 15 is 0 Å². The van der Waals surface area contributed by atoms with Crippen LogP contribution in [-0.4, -0.2) is 59.8 Å². The van der Waals surface area contributed by atoms with E-state index in [1.165, 1.54) is 17.5 Å². The van der Waals surface area contributed by atoms with E-state index in [2.05, 4.69) is 23.8 Å². The first kappa shape index (κ1) is 14.5. The van der Waals surface area contributed by atoms with Gasteiger partial charge in [-0.3, -0.25) is 9.58 Å². The van der Waals surface area contributed by atoms with Crippen LogP contribution in [0.1, 0.15) is 18.2 Å². The molecule has 1 saturated heterocycles. The van der Waals surface area contributed by atoms with Crippen LogP contribution in [0.3, 0.4) is 0 Å². The molecule has 0 atom stereocenters. The number of nitrogens with zero attached hydrogens (tertiary/aromatic N) is 4. The Morgan fingerprint density at radius 3 is 2.37 bits per heavy atom. The largest absolute Gasteiger partial charge is 0.296 e. The minimum Gasteiger partial charge on any atom is -0.296 e. The molecular formula is C12H22N4O2S. The average Bonchev–Trinajstić information content (AvgIpc) is 2.70. The van der Waals surface area contributed by atoms with Crippen molar-refractivity contribution in [3.8, 4) is 0 Å². The fraction of sp³-hybridized carbons (Fsp3) is 0.750. The Hall–Kier alpha value is -0.920. The molecule has 0 aromatic carbocycles. The number of aryl methyl sites for hydroxylation is 1. The van der Waals surface area contributed by atoms with E-state index in [4.69, 9.17) is 0 Å². The molecule has 1 aromatic rings. The molecule has 1 fully saturated rings. The van der Waals surface area contributed by atoms with Gasteiger partial charge in [-0.25, -0.2) is 8.42 Å². The highest BCUT2D eigenvalue weighted by atomic mass is 32.2. The van der Waals surface area contributed by atoms with Crippen LogP contribution in [0.4, 0.5) is 0 Å². The Morgan fingerprint density at radius 1 is 1.26 bits per heavy atom. The predicted molar refractivity (Wildman–Crippen MR) is 74.3 cm³/mol. The van der Waals surface area contributed by atoms with E-state index in [0.717, 1.165) is 26.2 Å². The van der Waals surface area contributed by atoms with Gasteiger partial charge in [0.25, 0.3) is 0 Å². The minimum absolute atomic E-state index is 0.583. The topological polar surface area (TPSA) is 58.4 Å². The van der Waals surface area contributed by atoms with Crippen LogP contribution in [0.15, 0.2) is 6.20 Å². The van der Waals surface area contributed by atoms with Crippen molar-refractivity contribution in [2.45, 2.75) is 26.9 Å². The van der Waals surface area contributed by atoms with Gasteiger partial charge in [0.2, 0.25) is 10.0 Å². The Morgan fingerprint density at radius 2 is 1.89 bits per heavy atom. The lowest BCUT2D eigenvalue weighted by molar-refractivity contribution is 0.182. The number of hydrogen-bond acceptors (Lipinski definition) is 4. The first-order chi connectivity index (χ1) is 8.91. The number of aromatic nitrogens is 2. The second-order valence-electron chi connectivity index (χ2n) is 5.01. The molecule has 7 heteroatoms. The smallest absolute Gasteiger partial charge is 0.211 e. The molecule has 108 valence electrons. The minimum atomic E-state index is -3.04. The van der Waals surface area contributed by atoms with Crippen LogP contribution in [0.5, 0.6) is 0 Å². The van der Waals surface area contributed by atoms with E-state index in [1.54, 1.807) is 4.31 Å². The maximum absolute atomic E-state index is 11.4. The zero-order chi connectivity index (χ0) is 14.0. The number of sulfonamides is 1. The van der Waals surface area contributed by atoms with Gasteiger partial charge in [-0.05, 0) is 13.8 Å². The van der Waals surface area contributed by atoms with E-state index in [9.17, 15) is 8.42 Å². The summed E-state index contributed by atoms with van der Waals surface area (Å²) in [6.45, 7) is 8.62. The first-order valence-corrected chi connectivity index (χ1v) is 8.45. The first-order valence-electron chi connectivity index (χ1n) is 6.60. The SMILES string of the molecule is CCn1ncc(CN2CCN(S(C)(=O)=O)CC2)c1C. The fourth-order valence-electron chi connectivity index (χ4n) is 2.42. The van der Waals surface area contributed by atoms with Gasteiger partial charge < -0.3 is 0 Å². The van der Waals surface area contributed by atoms with Crippen molar-refractivity contribution >= 4 is 10.0 Å². The maximum Gasteiger partial charge on any atom is 0.211 e. The predicted octanol–water partition coefficient (Wildman–Crippen LogP) is 0.289. The molecule has 0 unspecified atom stereocenters. The molecular weight excluding hydrogens is 264 g/mol. The fourth-order valence-corrected chi connectivity index (χ4v) is 3.25. The van der Waals surface area contributed by atoms with E-state index in [-0.39, 0.29) is 0 Å². The van der Waals surface area contributed by atoms with Gasteiger partial charge >= 0.3 is 0 Å². The summed E-state index contributed by atoms with van der Waals surface area (Å²) >= 11 is 0. The molecule has 0 N–H and O–H groups in total. The Kier molecular flexibility index (Phi) is 4.27. The number of hydrogen-bond donors (Lipinski definition) is 0. The van der Waals surface area contributed by atoms with Crippen molar-refractivity contribution < 1.29 is 8.42 Å². The van der Waals surface area contributed by atoms with E-state index in [1.807, 2.05) is 10.9 Å². The average molecular weight is 286 g/mol. The van der Waals surface area contributed by atoms with Gasteiger partial charge in [0.05, 0.1) is 12.5 Å². The third-order valence-electron chi connectivity index (χ3n) is 3.70. The molecule has 19 heavy (non-hydrogen) atoms. The molecule has 1 aliphatic rings. The maximum atomic E-state index is 11.4. The van der Waals surface area contributed by atoms with Crippen LogP contribution in [0.2, 0.25) is 0 Å². The molecule has 2 heterocycles. The third-order valence-corrected chi connectivity index (χ3v) is 5.00. The van der Waals surface area contributed by atoms with Gasteiger partial charge in [-0.2, -0.15) is 9.40 Å². The quantitative estimate of drug-likeness (QED) is 0.798. The van der Waals surface area contributed by atoms with Crippen LogP contribution < -0.4 is 0 Å². The zero-order valence-electron chi connectivity index (χ0n) is 11.8. The molecule has 6 nitrogen and oxygen atoms in total. The number of piperazine rings is 1. The molecule has 0 amide bonds. The Bertz CT molecular complexity index is 530. The van der Waals surface area contributed by atoms with Crippen LogP contribution in [0.25, 0.3) is 0 Å². The van der Waals surface area contributed by atoms with Gasteiger partial charge in [0, 0.05) is 50.5 Å². The lowest BCUT2D eigenvalue weighted by Gasteiger charge is -2.33. The third kappa shape index (κ3) is 3.34. The summed E-state index contributed by atoms with van der Waals surface area (Å²) in [6.07, 6.45) is 3.19. The standard InChI is InChI=1S/C12H22N4O2S/c1-4-16-11(2)12(9-13-16)10-14-5-7-15(8-6-14)19(3,17)18/h9H,4-8,10H2,1-3H3. The molecule has 2 rings (SSSR count). The van der Waals surface area contributed by atoms with Gasteiger partial charge in [0.15, 0.2) is 0 Å². The van der Waals surface area contributed by atoms with E-state index < -0.39 is 10.0 Å². The van der Waals surface area contributed by atoms with Crippen molar-refractivity contribution in [2.75, 3.05) is 32.4 Å². The lowest BCUT2D eigenvalue weighted by atomic mass is 10.2. The molecule has 0 radical (unpaired) electrons. The highest BCUT2D eigenvalue weighted by Gasteiger charge is 2.23. The molecule has 0 saturated carbocycles. The van der Waals surface area contributed by atoms with Crippen molar-refractivity contribution in [1.29, 1.82) is 0 Å². The molecule has 0 spiro atoms. The number of rotatable bonds is 4. The normalized spacial score (nSPS) is 18.9. The van der Waals surface area contributed by atoms with Gasteiger partial charge in [0.1, 0.15) is 0 Å². The van der Waals surface area contributed by atoms with E-state index in [0.29, 0.717) is 13.1 Å². The monoisotopic (exact) mass is 286 g/mol. The van der Waals surface area contributed by atoms with Crippen molar-refractivity contribution in [1.82, 2.24) is 19.0 Å². The second-order valence-corrected chi connectivity index (χ2v) is 6.99. The van der Waals surface area contributed by atoms with Gasteiger partial charge in [-0.1, -0.05) is 0 Å². The van der Waals surface area contributed by atoms with Crippen molar-refractivity contribution in [2.24, 2.45) is 0 Å². The van der Waals surface area contributed by atoms with Crippen LogP contribution in [-0.2, 0) is 23.1 Å². The second kappa shape index (κ2) is 5.60. The summed E-state index contributed by atoms with van der Waals surface area (Å²) in [7, 11) is -3.04. The highest BCUT2D eigenvalue weighted by molar-refractivity contribution is 7.88. The summed E-state index contributed by atoms with van der Waals surface area (Å²) in [6, 6.07) is 0. The summed E-state index contributed by atoms with van der Waals surface area (Å²) in [5, 5.41) is 4.34. The summed E-state index contributed by atoms with van der Waals surface area (Å²) in [5.74, 6) is 0. The highest BCUT2D eigenvalue weighted by Crippen LogP contribution is 2.13. The molecule has 0 bridgehead atoms. The molecule has 0 aliphatic carbocycles. The summed E-state index contributed by atoms with van der Waals surface area (Å²) < 4.78 is 26.4. The molecule has 1 aliphatic heterocycles. The zero-order valence-corrected chi connectivity index (χ0v) is 12.7. The Balaban J connectivity index is 1.94. The Labute approximate surface area is 115 Å². The summed E-state index contributed by atoms with van der Waals surface area (Å²) in [5.41, 5.74) is 2.43.